The smallest absolute Gasteiger partial charge is 0.309 e. The minimum absolute atomic E-state index is 0.0749. The van der Waals surface area contributed by atoms with Crippen LogP contribution in [-0.2, 0) is 14.3 Å². The molecule has 28 heavy (non-hydrogen) atoms. The largest absolute Gasteiger partial charge is 0.482 e. The number of hydrogen-bond acceptors (Lipinski definition) is 4. The summed E-state index contributed by atoms with van der Waals surface area (Å²) in [6, 6.07) is 15.5. The van der Waals surface area contributed by atoms with E-state index in [4.69, 9.17) is 21.1 Å². The van der Waals surface area contributed by atoms with Crippen LogP contribution in [0.4, 0.5) is 0 Å². The van der Waals surface area contributed by atoms with Gasteiger partial charge in [0.25, 0.3) is 5.91 Å². The number of benzene rings is 2. The molecule has 1 heterocycles. The predicted molar refractivity (Wildman–Crippen MR) is 108 cm³/mol. The topological polar surface area (TPSA) is 55.8 Å². The molecule has 2 aromatic carbocycles. The maximum atomic E-state index is 12.4. The molecule has 2 aromatic rings. The normalized spacial score (nSPS) is 14.6. The Bertz CT molecular complexity index is 817. The van der Waals surface area contributed by atoms with E-state index in [2.05, 4.69) is 0 Å². The van der Waals surface area contributed by atoms with Crippen molar-refractivity contribution >= 4 is 23.5 Å². The summed E-state index contributed by atoms with van der Waals surface area (Å²) in [6.45, 7) is 3.17. The lowest BCUT2D eigenvalue weighted by Crippen LogP contribution is -2.42. The van der Waals surface area contributed by atoms with Gasteiger partial charge in [-0.15, -0.1) is 0 Å². The average molecular weight is 402 g/mol. The van der Waals surface area contributed by atoms with Crippen molar-refractivity contribution in [1.29, 1.82) is 0 Å². The molecule has 0 unspecified atom stereocenters. The lowest BCUT2D eigenvalue weighted by Gasteiger charge is -2.30. The Morgan fingerprint density at radius 2 is 1.79 bits per heavy atom. The van der Waals surface area contributed by atoms with Crippen molar-refractivity contribution in [2.24, 2.45) is 5.92 Å². The minimum Gasteiger partial charge on any atom is -0.482 e. The lowest BCUT2D eigenvalue weighted by molar-refractivity contribution is -0.151. The second-order valence-electron chi connectivity index (χ2n) is 6.71. The van der Waals surface area contributed by atoms with E-state index in [0.717, 1.165) is 11.1 Å². The molecule has 5 nitrogen and oxygen atoms in total. The third-order valence-electron chi connectivity index (χ3n) is 4.86. The standard InChI is InChI=1S/C22H24ClNO4/c1-2-27-22(26)17-10-12-24(13-11-17)21(25)15-28-20-9-8-18(14-19(20)23)16-6-4-3-5-7-16/h3-9,14,17H,2,10-13,15H2,1H3. The zero-order chi connectivity index (χ0) is 19.9. The first kappa shape index (κ1) is 20.2. The Balaban J connectivity index is 1.52. The van der Waals surface area contributed by atoms with Gasteiger partial charge in [0.1, 0.15) is 5.75 Å². The number of hydrogen-bond donors (Lipinski definition) is 0. The molecule has 0 N–H and O–H groups in total. The molecule has 0 radical (unpaired) electrons. The van der Waals surface area contributed by atoms with Crippen LogP contribution in [0.1, 0.15) is 19.8 Å². The van der Waals surface area contributed by atoms with Gasteiger partial charge in [-0.3, -0.25) is 9.59 Å². The second kappa shape index (κ2) is 9.60. The van der Waals surface area contributed by atoms with Gasteiger partial charge in [0.05, 0.1) is 17.5 Å². The molecule has 6 heteroatoms. The van der Waals surface area contributed by atoms with Crippen molar-refractivity contribution in [3.63, 3.8) is 0 Å². The van der Waals surface area contributed by atoms with Crippen LogP contribution in [0.2, 0.25) is 5.02 Å². The van der Waals surface area contributed by atoms with Crippen LogP contribution in [0.5, 0.6) is 5.75 Å². The quantitative estimate of drug-likeness (QED) is 0.681. The summed E-state index contributed by atoms with van der Waals surface area (Å²) in [6.07, 6.45) is 1.24. The molecular weight excluding hydrogens is 378 g/mol. The molecule has 0 atom stereocenters. The molecule has 1 aliphatic rings. The van der Waals surface area contributed by atoms with Crippen LogP contribution in [0.25, 0.3) is 11.1 Å². The Labute approximate surface area is 170 Å². The van der Waals surface area contributed by atoms with Crippen molar-refractivity contribution in [2.75, 3.05) is 26.3 Å². The average Bonchev–Trinajstić information content (AvgIpc) is 2.73. The number of esters is 1. The first-order valence-electron chi connectivity index (χ1n) is 9.50. The highest BCUT2D eigenvalue weighted by Gasteiger charge is 2.28. The highest BCUT2D eigenvalue weighted by atomic mass is 35.5. The van der Waals surface area contributed by atoms with E-state index >= 15 is 0 Å². The number of amides is 1. The van der Waals surface area contributed by atoms with Crippen LogP contribution < -0.4 is 4.74 Å². The van der Waals surface area contributed by atoms with Gasteiger partial charge >= 0.3 is 5.97 Å². The first-order valence-corrected chi connectivity index (χ1v) is 9.88. The van der Waals surface area contributed by atoms with Gasteiger partial charge in [0, 0.05) is 13.1 Å². The molecule has 0 aliphatic carbocycles. The fraction of sp³-hybridized carbons (Fsp3) is 0.364. The van der Waals surface area contributed by atoms with Gasteiger partial charge in [-0.2, -0.15) is 0 Å². The van der Waals surface area contributed by atoms with Gasteiger partial charge in [0.15, 0.2) is 6.61 Å². The second-order valence-corrected chi connectivity index (χ2v) is 7.11. The molecule has 0 saturated carbocycles. The fourth-order valence-electron chi connectivity index (χ4n) is 3.28. The monoisotopic (exact) mass is 401 g/mol. The van der Waals surface area contributed by atoms with Crippen molar-refractivity contribution in [3.05, 3.63) is 53.6 Å². The summed E-state index contributed by atoms with van der Waals surface area (Å²) >= 11 is 6.33. The highest BCUT2D eigenvalue weighted by Crippen LogP contribution is 2.30. The van der Waals surface area contributed by atoms with Crippen molar-refractivity contribution in [3.8, 4) is 16.9 Å². The van der Waals surface area contributed by atoms with Crippen LogP contribution in [0, 0.1) is 5.92 Å². The molecular formula is C22H24ClNO4. The number of likely N-dealkylation sites (tertiary alicyclic amines) is 1. The van der Waals surface area contributed by atoms with E-state index in [1.54, 1.807) is 17.9 Å². The molecule has 1 saturated heterocycles. The zero-order valence-corrected chi connectivity index (χ0v) is 16.7. The van der Waals surface area contributed by atoms with Crippen molar-refractivity contribution in [2.45, 2.75) is 19.8 Å². The van der Waals surface area contributed by atoms with Gasteiger partial charge in [-0.1, -0.05) is 48.0 Å². The molecule has 1 fully saturated rings. The lowest BCUT2D eigenvalue weighted by atomic mass is 9.97. The minimum atomic E-state index is -0.170. The van der Waals surface area contributed by atoms with Gasteiger partial charge in [0.2, 0.25) is 0 Å². The van der Waals surface area contributed by atoms with Crippen molar-refractivity contribution in [1.82, 2.24) is 4.90 Å². The summed E-state index contributed by atoms with van der Waals surface area (Å²) in [5, 5.41) is 0.468. The summed E-state index contributed by atoms with van der Waals surface area (Å²) in [5.74, 6) is 0.0858. The van der Waals surface area contributed by atoms with Crippen LogP contribution >= 0.6 is 11.6 Å². The predicted octanol–water partition coefficient (Wildman–Crippen LogP) is 4.19. The summed E-state index contributed by atoms with van der Waals surface area (Å²) < 4.78 is 10.7. The highest BCUT2D eigenvalue weighted by molar-refractivity contribution is 6.32. The zero-order valence-electron chi connectivity index (χ0n) is 15.9. The molecule has 0 spiro atoms. The number of carbonyl (C=O) groups excluding carboxylic acids is 2. The number of piperidine rings is 1. The molecule has 1 aliphatic heterocycles. The number of ether oxygens (including phenoxy) is 2. The van der Waals surface area contributed by atoms with E-state index < -0.39 is 0 Å². The maximum absolute atomic E-state index is 12.4. The Kier molecular flexibility index (Phi) is 6.93. The SMILES string of the molecule is CCOC(=O)C1CCN(C(=O)COc2ccc(-c3ccccc3)cc2Cl)CC1. The van der Waals surface area contributed by atoms with Crippen LogP contribution in [0.3, 0.4) is 0 Å². The van der Waals surface area contributed by atoms with E-state index in [1.165, 1.54) is 0 Å². The molecule has 1 amide bonds. The maximum Gasteiger partial charge on any atom is 0.309 e. The van der Waals surface area contributed by atoms with E-state index in [1.807, 2.05) is 42.5 Å². The summed E-state index contributed by atoms with van der Waals surface area (Å²) in [7, 11) is 0. The molecule has 0 aromatic heterocycles. The Hall–Kier alpha value is -2.53. The van der Waals surface area contributed by atoms with Gasteiger partial charge in [-0.05, 0) is 43.0 Å². The van der Waals surface area contributed by atoms with E-state index in [0.29, 0.717) is 43.3 Å². The van der Waals surface area contributed by atoms with Crippen LogP contribution in [0.15, 0.2) is 48.5 Å². The number of nitrogens with zero attached hydrogens (tertiary/aromatic N) is 1. The van der Waals surface area contributed by atoms with Gasteiger partial charge < -0.3 is 14.4 Å². The fourth-order valence-corrected chi connectivity index (χ4v) is 3.52. The first-order chi connectivity index (χ1) is 13.6. The molecule has 148 valence electrons. The third-order valence-corrected chi connectivity index (χ3v) is 5.15. The number of halogens is 1. The summed E-state index contributed by atoms with van der Waals surface area (Å²) in [4.78, 5) is 25.9. The van der Waals surface area contributed by atoms with Crippen molar-refractivity contribution < 1.29 is 19.1 Å². The van der Waals surface area contributed by atoms with Crippen LogP contribution in [-0.4, -0.2) is 43.1 Å². The molecule has 3 rings (SSSR count). The Morgan fingerprint density at radius 3 is 2.43 bits per heavy atom. The van der Waals surface area contributed by atoms with E-state index in [-0.39, 0.29) is 24.4 Å². The van der Waals surface area contributed by atoms with Gasteiger partial charge in [-0.25, -0.2) is 0 Å². The Morgan fingerprint density at radius 1 is 1.07 bits per heavy atom. The number of rotatable bonds is 6. The third kappa shape index (κ3) is 5.04. The number of carbonyl (C=O) groups is 2. The molecule has 0 bridgehead atoms. The van der Waals surface area contributed by atoms with E-state index in [9.17, 15) is 9.59 Å². The summed E-state index contributed by atoms with van der Waals surface area (Å²) in [5.41, 5.74) is 2.06.